The first kappa shape index (κ1) is 13.9. The quantitative estimate of drug-likeness (QED) is 0.591. The summed E-state index contributed by atoms with van der Waals surface area (Å²) >= 11 is 6.40. The Labute approximate surface area is 122 Å². The molecule has 3 nitrogen and oxygen atoms in total. The number of Topliss-reactive ketones (excluding diaryl/α,β-unsaturated/α-hetero) is 1. The Kier molecular flexibility index (Phi) is 5.05. The molecule has 2 aromatic rings. The summed E-state index contributed by atoms with van der Waals surface area (Å²) in [6, 6.07) is 3.69. The molecule has 2 aromatic heterocycles. The van der Waals surface area contributed by atoms with Crippen molar-refractivity contribution in [3.05, 3.63) is 36.9 Å². The van der Waals surface area contributed by atoms with Gasteiger partial charge in [-0.25, -0.2) is 4.98 Å². The molecule has 2 heterocycles. The highest BCUT2D eigenvalue weighted by Gasteiger charge is 2.09. The number of carbonyl (C=O) groups is 1. The Hall–Kier alpha value is -0.560. The van der Waals surface area contributed by atoms with Crippen LogP contribution in [0.25, 0.3) is 0 Å². The van der Waals surface area contributed by atoms with Crippen LogP contribution in [0.4, 0.5) is 0 Å². The van der Waals surface area contributed by atoms with Crippen LogP contribution in [0.5, 0.6) is 0 Å². The fraction of sp³-hybridized carbons (Fsp3) is 0.333. The molecule has 0 bridgehead atoms. The van der Waals surface area contributed by atoms with Gasteiger partial charge >= 0.3 is 0 Å². The topological polar surface area (TPSA) is 39.2 Å². The van der Waals surface area contributed by atoms with Crippen molar-refractivity contribution in [2.45, 2.75) is 13.3 Å². The molecule has 0 saturated heterocycles. The van der Waals surface area contributed by atoms with Gasteiger partial charge in [-0.2, -0.15) is 0 Å². The smallest absolute Gasteiger partial charge is 0.198 e. The number of ketones is 1. The number of ether oxygens (including phenoxy) is 1. The first-order chi connectivity index (χ1) is 8.66. The van der Waals surface area contributed by atoms with E-state index in [-0.39, 0.29) is 12.4 Å². The van der Waals surface area contributed by atoms with Crippen LogP contribution >= 0.6 is 38.6 Å². The molecule has 0 radical (unpaired) electrons. The van der Waals surface area contributed by atoms with E-state index in [0.29, 0.717) is 6.61 Å². The monoisotopic (exact) mass is 345 g/mol. The van der Waals surface area contributed by atoms with Gasteiger partial charge in [-0.05, 0) is 35.0 Å². The van der Waals surface area contributed by atoms with Gasteiger partial charge in [-0.3, -0.25) is 4.79 Å². The van der Waals surface area contributed by atoms with Crippen molar-refractivity contribution in [3.8, 4) is 0 Å². The maximum Gasteiger partial charge on any atom is 0.198 e. The second-order valence-electron chi connectivity index (χ2n) is 3.69. The van der Waals surface area contributed by atoms with Gasteiger partial charge in [0, 0.05) is 11.3 Å². The highest BCUT2D eigenvalue weighted by atomic mass is 79.9. The minimum Gasteiger partial charge on any atom is -0.373 e. The van der Waals surface area contributed by atoms with Crippen molar-refractivity contribution in [1.29, 1.82) is 0 Å². The third-order valence-corrected chi connectivity index (χ3v) is 5.06. The molecule has 96 valence electrons. The number of hydrogen-bond acceptors (Lipinski definition) is 5. The van der Waals surface area contributed by atoms with E-state index in [1.807, 2.05) is 24.6 Å². The van der Waals surface area contributed by atoms with E-state index in [0.717, 1.165) is 20.8 Å². The predicted octanol–water partition coefficient (Wildman–Crippen LogP) is 3.72. The Morgan fingerprint density at radius 1 is 1.50 bits per heavy atom. The molecule has 0 aliphatic carbocycles. The minimum absolute atomic E-state index is 0.0340. The Morgan fingerprint density at radius 2 is 2.33 bits per heavy atom. The van der Waals surface area contributed by atoms with Crippen molar-refractivity contribution < 1.29 is 9.53 Å². The SMILES string of the molecule is Cc1ncsc1CCOCC(=O)c1ccc(Br)s1. The normalized spacial score (nSPS) is 10.8. The van der Waals surface area contributed by atoms with Crippen LogP contribution in [-0.2, 0) is 11.2 Å². The molecular weight excluding hydrogens is 334 g/mol. The van der Waals surface area contributed by atoms with Crippen LogP contribution in [0.3, 0.4) is 0 Å². The van der Waals surface area contributed by atoms with Crippen molar-refractivity contribution in [2.75, 3.05) is 13.2 Å². The lowest BCUT2D eigenvalue weighted by atomic mass is 10.3. The molecule has 6 heteroatoms. The third-order valence-electron chi connectivity index (χ3n) is 2.40. The summed E-state index contributed by atoms with van der Waals surface area (Å²) < 4.78 is 6.37. The van der Waals surface area contributed by atoms with E-state index in [1.165, 1.54) is 16.2 Å². The number of nitrogens with zero attached hydrogens (tertiary/aromatic N) is 1. The zero-order valence-corrected chi connectivity index (χ0v) is 13.0. The summed E-state index contributed by atoms with van der Waals surface area (Å²) in [5.74, 6) is 0.0340. The molecule has 0 spiro atoms. The molecule has 18 heavy (non-hydrogen) atoms. The first-order valence-electron chi connectivity index (χ1n) is 5.42. The summed E-state index contributed by atoms with van der Waals surface area (Å²) in [5, 5.41) is 0. The number of aromatic nitrogens is 1. The zero-order chi connectivity index (χ0) is 13.0. The van der Waals surface area contributed by atoms with Gasteiger partial charge in [0.2, 0.25) is 0 Å². The van der Waals surface area contributed by atoms with Crippen molar-refractivity contribution >= 4 is 44.4 Å². The molecular formula is C12H12BrNO2S2. The lowest BCUT2D eigenvalue weighted by molar-refractivity contribution is 0.0770. The number of thiophene rings is 1. The molecule has 0 aromatic carbocycles. The van der Waals surface area contributed by atoms with Gasteiger partial charge in [-0.15, -0.1) is 22.7 Å². The van der Waals surface area contributed by atoms with Gasteiger partial charge in [0.15, 0.2) is 5.78 Å². The van der Waals surface area contributed by atoms with Crippen LogP contribution < -0.4 is 0 Å². The van der Waals surface area contributed by atoms with Crippen molar-refractivity contribution in [2.24, 2.45) is 0 Å². The van der Waals surface area contributed by atoms with Gasteiger partial charge in [0.25, 0.3) is 0 Å². The maximum absolute atomic E-state index is 11.7. The van der Waals surface area contributed by atoms with Crippen LogP contribution in [0.1, 0.15) is 20.2 Å². The maximum atomic E-state index is 11.7. The molecule has 0 aliphatic heterocycles. The molecule has 0 aliphatic rings. The molecule has 2 rings (SSSR count). The van der Waals surface area contributed by atoms with E-state index in [9.17, 15) is 4.79 Å². The molecule has 0 unspecified atom stereocenters. The minimum atomic E-state index is 0.0340. The Morgan fingerprint density at radius 3 is 2.94 bits per heavy atom. The van der Waals surface area contributed by atoms with Crippen LogP contribution in [-0.4, -0.2) is 24.0 Å². The number of aryl methyl sites for hydroxylation is 1. The van der Waals surface area contributed by atoms with E-state index in [1.54, 1.807) is 11.3 Å². The largest absolute Gasteiger partial charge is 0.373 e. The molecule has 0 amide bonds. The fourth-order valence-electron chi connectivity index (χ4n) is 1.43. The number of halogens is 1. The number of hydrogen-bond donors (Lipinski definition) is 0. The molecule has 0 atom stereocenters. The van der Waals surface area contributed by atoms with Gasteiger partial charge in [-0.1, -0.05) is 0 Å². The summed E-state index contributed by atoms with van der Waals surface area (Å²) in [5.41, 5.74) is 2.89. The Bertz CT molecular complexity index is 536. The Balaban J connectivity index is 1.73. The van der Waals surface area contributed by atoms with Crippen LogP contribution in [0, 0.1) is 6.92 Å². The average Bonchev–Trinajstić information content (AvgIpc) is 2.94. The van der Waals surface area contributed by atoms with E-state index < -0.39 is 0 Å². The van der Waals surface area contributed by atoms with Crippen molar-refractivity contribution in [3.63, 3.8) is 0 Å². The third kappa shape index (κ3) is 3.71. The van der Waals surface area contributed by atoms with E-state index in [2.05, 4.69) is 20.9 Å². The van der Waals surface area contributed by atoms with E-state index in [4.69, 9.17) is 4.74 Å². The standard InChI is InChI=1S/C12H12BrNO2S2/c1-8-10(17-7-14-8)4-5-16-6-9(15)11-2-3-12(13)18-11/h2-3,7H,4-6H2,1H3. The van der Waals surface area contributed by atoms with Gasteiger partial charge in [0.1, 0.15) is 6.61 Å². The highest BCUT2D eigenvalue weighted by Crippen LogP contribution is 2.22. The van der Waals surface area contributed by atoms with E-state index >= 15 is 0 Å². The average molecular weight is 346 g/mol. The second-order valence-corrected chi connectivity index (χ2v) is 7.09. The summed E-state index contributed by atoms with van der Waals surface area (Å²) in [7, 11) is 0. The number of carbonyl (C=O) groups excluding carboxylic acids is 1. The summed E-state index contributed by atoms with van der Waals surface area (Å²) in [4.78, 5) is 17.9. The zero-order valence-electron chi connectivity index (χ0n) is 9.81. The predicted molar refractivity (Wildman–Crippen MR) is 77.7 cm³/mol. The lowest BCUT2D eigenvalue weighted by Gasteiger charge is -2.01. The van der Waals surface area contributed by atoms with Crippen molar-refractivity contribution in [1.82, 2.24) is 4.98 Å². The lowest BCUT2D eigenvalue weighted by Crippen LogP contribution is -2.09. The number of rotatable bonds is 6. The van der Waals surface area contributed by atoms with Crippen LogP contribution in [0.2, 0.25) is 0 Å². The summed E-state index contributed by atoms with van der Waals surface area (Å²) in [6.07, 6.45) is 0.817. The molecule has 0 fully saturated rings. The van der Waals surface area contributed by atoms with Crippen LogP contribution in [0.15, 0.2) is 21.4 Å². The van der Waals surface area contributed by atoms with Gasteiger partial charge < -0.3 is 4.74 Å². The fourth-order valence-corrected chi connectivity index (χ4v) is 3.50. The first-order valence-corrected chi connectivity index (χ1v) is 7.91. The van der Waals surface area contributed by atoms with Gasteiger partial charge in [0.05, 0.1) is 26.5 Å². The molecule has 0 saturated carbocycles. The number of thiazole rings is 1. The molecule has 0 N–H and O–H groups in total. The second kappa shape index (κ2) is 6.56. The summed E-state index contributed by atoms with van der Waals surface area (Å²) in [6.45, 7) is 2.69. The highest BCUT2D eigenvalue weighted by molar-refractivity contribution is 9.11.